The van der Waals surface area contributed by atoms with Crippen LogP contribution in [0.2, 0.25) is 0 Å². The van der Waals surface area contributed by atoms with Crippen molar-refractivity contribution in [2.24, 2.45) is 17.8 Å². The van der Waals surface area contributed by atoms with Crippen LogP contribution in [0.25, 0.3) is 0 Å². The van der Waals surface area contributed by atoms with Crippen molar-refractivity contribution in [1.82, 2.24) is 10.3 Å². The zero-order chi connectivity index (χ0) is 15.3. The minimum absolute atomic E-state index is 0.0619. The van der Waals surface area contributed by atoms with Crippen molar-refractivity contribution in [2.45, 2.75) is 34.6 Å². The van der Waals surface area contributed by atoms with E-state index in [1.807, 2.05) is 20.0 Å². The Morgan fingerprint density at radius 3 is 2.35 bits per heavy atom. The number of hydrogen-bond acceptors (Lipinski definition) is 3. The second-order valence-corrected chi connectivity index (χ2v) is 5.98. The molecule has 0 spiro atoms. The molecule has 4 nitrogen and oxygen atoms in total. The molecule has 1 rings (SSSR count). The van der Waals surface area contributed by atoms with E-state index < -0.39 is 0 Å². The maximum Gasteiger partial charge on any atom is 0.254 e. The smallest absolute Gasteiger partial charge is 0.254 e. The summed E-state index contributed by atoms with van der Waals surface area (Å²) in [5.74, 6) is 1.52. The van der Waals surface area contributed by atoms with Crippen LogP contribution in [0.4, 0.5) is 5.69 Å². The molecule has 0 atom stereocenters. The number of carbonyl (C=O) groups excluding carboxylic acids is 1. The molecule has 0 aliphatic heterocycles. The molecule has 0 aliphatic carbocycles. The maximum atomic E-state index is 12.3. The van der Waals surface area contributed by atoms with Gasteiger partial charge in [0.15, 0.2) is 0 Å². The number of nitrogens with one attached hydrogen (secondary N) is 2. The average Bonchev–Trinajstić information content (AvgIpc) is 2.37. The van der Waals surface area contributed by atoms with Crippen molar-refractivity contribution in [3.63, 3.8) is 0 Å². The summed E-state index contributed by atoms with van der Waals surface area (Å²) in [6.45, 7) is 11.4. The molecule has 112 valence electrons. The van der Waals surface area contributed by atoms with Crippen LogP contribution in [0.3, 0.4) is 0 Å². The third-order valence-corrected chi connectivity index (χ3v) is 3.77. The zero-order valence-corrected chi connectivity index (χ0v) is 13.4. The fraction of sp³-hybridized carbons (Fsp3) is 0.625. The first-order valence-corrected chi connectivity index (χ1v) is 7.29. The van der Waals surface area contributed by atoms with Gasteiger partial charge in [0.25, 0.3) is 5.91 Å². The average molecular weight is 277 g/mol. The number of amides is 1. The van der Waals surface area contributed by atoms with Crippen LogP contribution in [-0.2, 0) is 0 Å². The molecule has 2 N–H and O–H groups in total. The molecule has 0 aromatic carbocycles. The molecule has 0 bridgehead atoms. The van der Waals surface area contributed by atoms with Gasteiger partial charge in [-0.3, -0.25) is 9.78 Å². The first-order chi connectivity index (χ1) is 9.36. The van der Waals surface area contributed by atoms with Crippen molar-refractivity contribution in [3.8, 4) is 0 Å². The predicted molar refractivity (Wildman–Crippen MR) is 84.0 cm³/mol. The summed E-state index contributed by atoms with van der Waals surface area (Å²) in [7, 11) is 1.82. The van der Waals surface area contributed by atoms with Crippen LogP contribution in [0.15, 0.2) is 12.3 Å². The lowest BCUT2D eigenvalue weighted by molar-refractivity contribution is 0.0937. The first-order valence-electron chi connectivity index (χ1n) is 7.29. The van der Waals surface area contributed by atoms with Gasteiger partial charge >= 0.3 is 0 Å². The lowest BCUT2D eigenvalue weighted by atomic mass is 9.85. The summed E-state index contributed by atoms with van der Waals surface area (Å²) in [6, 6.07) is 1.89. The fourth-order valence-corrected chi connectivity index (χ4v) is 2.49. The monoisotopic (exact) mass is 277 g/mol. The lowest BCUT2D eigenvalue weighted by Crippen LogP contribution is -2.34. The topological polar surface area (TPSA) is 54.0 Å². The van der Waals surface area contributed by atoms with Crippen LogP contribution >= 0.6 is 0 Å². The summed E-state index contributed by atoms with van der Waals surface area (Å²) < 4.78 is 0. The Bertz CT molecular complexity index is 447. The number of pyridine rings is 1. The number of aromatic nitrogens is 1. The number of anilines is 1. The molecule has 1 aromatic heterocycles. The number of aryl methyl sites for hydroxylation is 1. The van der Waals surface area contributed by atoms with E-state index in [1.165, 1.54) is 0 Å². The quantitative estimate of drug-likeness (QED) is 0.840. The molecular formula is C16H27N3O. The van der Waals surface area contributed by atoms with Crippen LogP contribution in [0.5, 0.6) is 0 Å². The van der Waals surface area contributed by atoms with Crippen molar-refractivity contribution in [2.75, 3.05) is 18.9 Å². The molecular weight excluding hydrogens is 250 g/mol. The molecule has 1 amide bonds. The van der Waals surface area contributed by atoms with Gasteiger partial charge in [0.2, 0.25) is 0 Å². The Morgan fingerprint density at radius 2 is 1.85 bits per heavy atom. The third kappa shape index (κ3) is 4.22. The fourth-order valence-electron chi connectivity index (χ4n) is 2.49. The molecule has 0 aliphatic rings. The van der Waals surface area contributed by atoms with Gasteiger partial charge in [-0.2, -0.15) is 0 Å². The molecule has 1 heterocycles. The molecule has 4 heteroatoms. The Balaban J connectivity index is 2.76. The highest BCUT2D eigenvalue weighted by atomic mass is 16.1. The largest absolute Gasteiger partial charge is 0.387 e. The second-order valence-electron chi connectivity index (χ2n) is 5.98. The maximum absolute atomic E-state index is 12.3. The molecule has 0 unspecified atom stereocenters. The van der Waals surface area contributed by atoms with Gasteiger partial charge in [-0.05, 0) is 30.7 Å². The Kier molecular flexibility index (Phi) is 5.99. The van der Waals surface area contributed by atoms with Gasteiger partial charge in [0, 0.05) is 25.5 Å². The highest BCUT2D eigenvalue weighted by molar-refractivity contribution is 5.99. The molecule has 0 saturated carbocycles. The van der Waals surface area contributed by atoms with E-state index >= 15 is 0 Å². The Morgan fingerprint density at radius 1 is 1.25 bits per heavy atom. The molecule has 0 saturated heterocycles. The predicted octanol–water partition coefficient (Wildman–Crippen LogP) is 3.09. The summed E-state index contributed by atoms with van der Waals surface area (Å²) in [5, 5.41) is 6.09. The van der Waals surface area contributed by atoms with E-state index in [9.17, 15) is 4.79 Å². The standard InChI is InChI=1S/C16H27N3O/c1-10(2)13(11(3)4)8-19-16(20)14-9-18-12(5)7-15(14)17-6/h7,9-11,13H,8H2,1-6H3,(H,17,18)(H,19,20). The SMILES string of the molecule is CNc1cc(C)ncc1C(=O)NCC(C(C)C)C(C)C. The van der Waals surface area contributed by atoms with Crippen LogP contribution < -0.4 is 10.6 Å². The number of hydrogen-bond donors (Lipinski definition) is 2. The van der Waals surface area contributed by atoms with E-state index in [1.54, 1.807) is 6.20 Å². The van der Waals surface area contributed by atoms with Gasteiger partial charge in [-0.15, -0.1) is 0 Å². The van der Waals surface area contributed by atoms with Crippen molar-refractivity contribution in [1.29, 1.82) is 0 Å². The van der Waals surface area contributed by atoms with Crippen molar-refractivity contribution < 1.29 is 4.79 Å². The van der Waals surface area contributed by atoms with E-state index in [0.717, 1.165) is 11.4 Å². The summed E-state index contributed by atoms with van der Waals surface area (Å²) in [5.41, 5.74) is 2.32. The molecule has 1 aromatic rings. The van der Waals surface area contributed by atoms with E-state index in [0.29, 0.717) is 29.9 Å². The molecule has 0 radical (unpaired) electrons. The van der Waals surface area contributed by atoms with Gasteiger partial charge in [-0.1, -0.05) is 27.7 Å². The number of rotatable bonds is 6. The Labute approximate surface area is 122 Å². The van der Waals surface area contributed by atoms with Gasteiger partial charge < -0.3 is 10.6 Å². The molecule has 20 heavy (non-hydrogen) atoms. The second kappa shape index (κ2) is 7.27. The highest BCUT2D eigenvalue weighted by Crippen LogP contribution is 2.20. The van der Waals surface area contributed by atoms with Crippen LogP contribution in [-0.4, -0.2) is 24.5 Å². The van der Waals surface area contributed by atoms with Crippen molar-refractivity contribution >= 4 is 11.6 Å². The molecule has 0 fully saturated rings. The number of carbonyl (C=O) groups is 1. The first kappa shape index (κ1) is 16.5. The van der Waals surface area contributed by atoms with Gasteiger partial charge in [0.05, 0.1) is 11.3 Å². The van der Waals surface area contributed by atoms with Gasteiger partial charge in [0.1, 0.15) is 0 Å². The number of nitrogens with zero attached hydrogens (tertiary/aromatic N) is 1. The highest BCUT2D eigenvalue weighted by Gasteiger charge is 2.19. The van der Waals surface area contributed by atoms with E-state index in [4.69, 9.17) is 0 Å². The normalized spacial score (nSPS) is 11.2. The zero-order valence-electron chi connectivity index (χ0n) is 13.4. The van der Waals surface area contributed by atoms with E-state index in [-0.39, 0.29) is 5.91 Å². The summed E-state index contributed by atoms with van der Waals surface area (Å²) in [6.07, 6.45) is 1.64. The van der Waals surface area contributed by atoms with E-state index in [2.05, 4.69) is 43.3 Å². The lowest BCUT2D eigenvalue weighted by Gasteiger charge is -2.25. The van der Waals surface area contributed by atoms with Crippen LogP contribution in [0, 0.1) is 24.7 Å². The van der Waals surface area contributed by atoms with Crippen LogP contribution in [0.1, 0.15) is 43.7 Å². The third-order valence-electron chi connectivity index (χ3n) is 3.77. The minimum atomic E-state index is -0.0619. The summed E-state index contributed by atoms with van der Waals surface area (Å²) >= 11 is 0. The van der Waals surface area contributed by atoms with Gasteiger partial charge in [-0.25, -0.2) is 0 Å². The van der Waals surface area contributed by atoms with Crippen molar-refractivity contribution in [3.05, 3.63) is 23.5 Å². The Hall–Kier alpha value is -1.58. The minimum Gasteiger partial charge on any atom is -0.387 e. The summed E-state index contributed by atoms with van der Waals surface area (Å²) in [4.78, 5) is 16.5.